The molecule has 1 heterocycles. The van der Waals surface area contributed by atoms with Crippen molar-refractivity contribution in [2.75, 3.05) is 20.2 Å². The highest BCUT2D eigenvalue weighted by Gasteiger charge is 2.38. The molecule has 0 bridgehead atoms. The summed E-state index contributed by atoms with van der Waals surface area (Å²) in [5.74, 6) is -0.445. The average Bonchev–Trinajstić information content (AvgIpc) is 2.72. The highest BCUT2D eigenvalue weighted by Crippen LogP contribution is 2.25. The van der Waals surface area contributed by atoms with Crippen molar-refractivity contribution in [2.24, 2.45) is 11.3 Å². The van der Waals surface area contributed by atoms with E-state index in [1.54, 1.807) is 0 Å². The van der Waals surface area contributed by atoms with Gasteiger partial charge in [0.25, 0.3) is 0 Å². The van der Waals surface area contributed by atoms with Crippen molar-refractivity contribution in [3.63, 3.8) is 0 Å². The van der Waals surface area contributed by atoms with E-state index in [0.29, 0.717) is 6.54 Å². The zero-order valence-electron chi connectivity index (χ0n) is 11.0. The van der Waals surface area contributed by atoms with Crippen LogP contribution in [0.4, 0.5) is 0 Å². The second-order valence-corrected chi connectivity index (χ2v) is 5.21. The molecule has 0 aromatic rings. The number of carbonyl (C=O) groups excluding carboxylic acids is 2. The van der Waals surface area contributed by atoms with Crippen LogP contribution in [-0.2, 0) is 14.3 Å². The molecule has 0 radical (unpaired) electrons. The van der Waals surface area contributed by atoms with Crippen LogP contribution in [0.2, 0.25) is 0 Å². The molecule has 1 aliphatic heterocycles. The Bertz CT molecular complexity index is 296. The zero-order chi connectivity index (χ0) is 13.1. The maximum absolute atomic E-state index is 12.1. The summed E-state index contributed by atoms with van der Waals surface area (Å²) in [6.07, 6.45) is 0.796. The van der Waals surface area contributed by atoms with Gasteiger partial charge in [0.05, 0.1) is 12.5 Å². The molecule has 1 unspecified atom stereocenters. The fraction of sp³-hybridized carbons (Fsp3) is 0.833. The predicted octanol–water partition coefficient (Wildman–Crippen LogP) is 0.300. The van der Waals surface area contributed by atoms with E-state index in [9.17, 15) is 9.59 Å². The first-order valence-electron chi connectivity index (χ1n) is 6.00. The average molecular weight is 242 g/mol. The molecule has 2 N–H and O–H groups in total. The normalized spacial score (nSPS) is 25.7. The largest absolute Gasteiger partial charge is 0.467 e. The monoisotopic (exact) mass is 242 g/mol. The number of hydrogen-bond donors (Lipinski definition) is 2. The van der Waals surface area contributed by atoms with E-state index >= 15 is 0 Å². The van der Waals surface area contributed by atoms with Crippen molar-refractivity contribution < 1.29 is 14.3 Å². The van der Waals surface area contributed by atoms with Gasteiger partial charge >= 0.3 is 5.97 Å². The van der Waals surface area contributed by atoms with E-state index in [-0.39, 0.29) is 17.8 Å². The summed E-state index contributed by atoms with van der Waals surface area (Å²) in [4.78, 5) is 23.7. The van der Waals surface area contributed by atoms with Gasteiger partial charge in [-0.15, -0.1) is 0 Å². The number of ether oxygens (including phenoxy) is 1. The Balaban J connectivity index is 2.67. The number of rotatable bonds is 4. The van der Waals surface area contributed by atoms with E-state index in [0.717, 1.165) is 13.0 Å². The lowest BCUT2D eigenvalue weighted by Crippen LogP contribution is -2.50. The lowest BCUT2D eigenvalue weighted by atomic mass is 9.88. The van der Waals surface area contributed by atoms with Gasteiger partial charge in [-0.05, 0) is 25.8 Å². The standard InChI is InChI=1S/C12H22N2O3/c1-8(2)9(10(15)17-4)14-11(16)12(3)5-6-13-7-12/h8-9,13H,5-7H2,1-4H3,(H,14,16)/t9-,12?/m0/s1. The van der Waals surface area contributed by atoms with Crippen LogP contribution in [0.3, 0.4) is 0 Å². The fourth-order valence-corrected chi connectivity index (χ4v) is 1.95. The quantitative estimate of drug-likeness (QED) is 0.696. The van der Waals surface area contributed by atoms with Gasteiger partial charge in [0.2, 0.25) is 5.91 Å². The van der Waals surface area contributed by atoms with Gasteiger partial charge in [-0.2, -0.15) is 0 Å². The number of carbonyl (C=O) groups is 2. The van der Waals surface area contributed by atoms with Crippen LogP contribution >= 0.6 is 0 Å². The van der Waals surface area contributed by atoms with Gasteiger partial charge in [-0.25, -0.2) is 4.79 Å². The van der Waals surface area contributed by atoms with Crippen molar-refractivity contribution in [1.82, 2.24) is 10.6 Å². The molecule has 1 rings (SSSR count). The van der Waals surface area contributed by atoms with Gasteiger partial charge in [0.1, 0.15) is 6.04 Å². The van der Waals surface area contributed by atoms with Crippen LogP contribution in [-0.4, -0.2) is 38.1 Å². The van der Waals surface area contributed by atoms with E-state index in [2.05, 4.69) is 10.6 Å². The highest BCUT2D eigenvalue weighted by atomic mass is 16.5. The van der Waals surface area contributed by atoms with Gasteiger partial charge in [-0.1, -0.05) is 13.8 Å². The smallest absolute Gasteiger partial charge is 0.328 e. The molecule has 98 valence electrons. The van der Waals surface area contributed by atoms with Crippen LogP contribution in [0.5, 0.6) is 0 Å². The molecule has 5 nitrogen and oxygen atoms in total. The molecule has 0 aromatic carbocycles. The maximum Gasteiger partial charge on any atom is 0.328 e. The second-order valence-electron chi connectivity index (χ2n) is 5.21. The summed E-state index contributed by atoms with van der Waals surface area (Å²) in [5, 5.41) is 5.96. The topological polar surface area (TPSA) is 67.4 Å². The number of nitrogens with one attached hydrogen (secondary N) is 2. The zero-order valence-corrected chi connectivity index (χ0v) is 11.0. The molecular formula is C12H22N2O3. The van der Waals surface area contributed by atoms with Gasteiger partial charge in [0.15, 0.2) is 0 Å². The first-order chi connectivity index (χ1) is 7.90. The highest BCUT2D eigenvalue weighted by molar-refractivity contribution is 5.88. The molecular weight excluding hydrogens is 220 g/mol. The lowest BCUT2D eigenvalue weighted by molar-refractivity contribution is -0.147. The molecule has 17 heavy (non-hydrogen) atoms. The van der Waals surface area contributed by atoms with Crippen molar-refractivity contribution in [3.05, 3.63) is 0 Å². The molecule has 0 aliphatic carbocycles. The van der Waals surface area contributed by atoms with E-state index in [1.165, 1.54) is 7.11 Å². The first kappa shape index (κ1) is 14.0. The molecule has 1 amide bonds. The van der Waals surface area contributed by atoms with E-state index < -0.39 is 11.5 Å². The number of esters is 1. The third kappa shape index (κ3) is 3.19. The van der Waals surface area contributed by atoms with Crippen LogP contribution in [0.25, 0.3) is 0 Å². The van der Waals surface area contributed by atoms with Gasteiger partial charge in [0, 0.05) is 6.54 Å². The minimum atomic E-state index is -0.565. The Hall–Kier alpha value is -1.10. The summed E-state index contributed by atoms with van der Waals surface area (Å²) in [6, 6.07) is -0.565. The minimum absolute atomic E-state index is 0.0179. The van der Waals surface area contributed by atoms with Crippen molar-refractivity contribution in [2.45, 2.75) is 33.2 Å². The minimum Gasteiger partial charge on any atom is -0.467 e. The fourth-order valence-electron chi connectivity index (χ4n) is 1.95. The van der Waals surface area contributed by atoms with Gasteiger partial charge in [-0.3, -0.25) is 4.79 Å². The predicted molar refractivity (Wildman–Crippen MR) is 64.4 cm³/mol. The third-order valence-corrected chi connectivity index (χ3v) is 3.33. The SMILES string of the molecule is COC(=O)[C@@H](NC(=O)C1(C)CCNC1)C(C)C. The van der Waals surface area contributed by atoms with E-state index in [4.69, 9.17) is 4.74 Å². The Morgan fingerprint density at radius 1 is 1.41 bits per heavy atom. The molecule has 0 spiro atoms. The second kappa shape index (κ2) is 5.49. The number of amides is 1. The van der Waals surface area contributed by atoms with Crippen LogP contribution < -0.4 is 10.6 Å². The van der Waals surface area contributed by atoms with Crippen LogP contribution in [0, 0.1) is 11.3 Å². The Morgan fingerprint density at radius 2 is 2.06 bits per heavy atom. The Kier molecular flexibility index (Phi) is 4.51. The van der Waals surface area contributed by atoms with Crippen molar-refractivity contribution in [1.29, 1.82) is 0 Å². The summed E-state index contributed by atoms with van der Waals surface area (Å²) in [6.45, 7) is 7.19. The molecule has 5 heteroatoms. The number of methoxy groups -OCH3 is 1. The molecule has 1 saturated heterocycles. The first-order valence-corrected chi connectivity index (χ1v) is 6.00. The van der Waals surface area contributed by atoms with Crippen molar-refractivity contribution >= 4 is 11.9 Å². The molecule has 1 aliphatic rings. The third-order valence-electron chi connectivity index (χ3n) is 3.33. The molecule has 0 aromatic heterocycles. The summed E-state index contributed by atoms with van der Waals surface area (Å²) < 4.78 is 4.70. The van der Waals surface area contributed by atoms with Crippen LogP contribution in [0.1, 0.15) is 27.2 Å². The van der Waals surface area contributed by atoms with Crippen LogP contribution in [0.15, 0.2) is 0 Å². The summed E-state index contributed by atoms with van der Waals surface area (Å²) in [7, 11) is 1.34. The Morgan fingerprint density at radius 3 is 2.47 bits per heavy atom. The molecule has 0 saturated carbocycles. The Labute approximate surface area is 102 Å². The maximum atomic E-state index is 12.1. The van der Waals surface area contributed by atoms with E-state index in [1.807, 2.05) is 20.8 Å². The van der Waals surface area contributed by atoms with Gasteiger partial charge < -0.3 is 15.4 Å². The van der Waals surface area contributed by atoms with Crippen molar-refractivity contribution in [3.8, 4) is 0 Å². The lowest BCUT2D eigenvalue weighted by Gasteiger charge is -2.26. The number of hydrogen-bond acceptors (Lipinski definition) is 4. The summed E-state index contributed by atoms with van der Waals surface area (Å²) in [5.41, 5.74) is -0.416. The molecule has 1 fully saturated rings. The molecule has 2 atom stereocenters. The summed E-state index contributed by atoms with van der Waals surface area (Å²) >= 11 is 0.